The van der Waals surface area contributed by atoms with Crippen LogP contribution in [0, 0.1) is 6.92 Å². The number of hydrogen-bond acceptors (Lipinski definition) is 4. The minimum absolute atomic E-state index is 0.0126. The normalized spacial score (nSPS) is 20.6. The van der Waals surface area contributed by atoms with Crippen molar-refractivity contribution in [3.05, 3.63) is 28.8 Å². The Morgan fingerprint density at radius 3 is 2.85 bits per heavy atom. The highest BCUT2D eigenvalue weighted by atomic mass is 35.5. The quantitative estimate of drug-likeness (QED) is 0.909. The Morgan fingerprint density at radius 1 is 1.50 bits per heavy atom. The molecular weight excluding hydrogens is 302 g/mol. The van der Waals surface area contributed by atoms with Crippen LogP contribution in [0.1, 0.15) is 12.0 Å². The molecule has 1 N–H and O–H groups in total. The van der Waals surface area contributed by atoms with Crippen LogP contribution in [0.15, 0.2) is 18.2 Å². The SMILES string of the molecule is Cc1cc(Cl)ccc1OCC(=O)NC1CCS(=O)(=O)C1. The van der Waals surface area contributed by atoms with E-state index in [4.69, 9.17) is 16.3 Å². The number of carbonyl (C=O) groups is 1. The number of aryl methyl sites for hydroxylation is 1. The summed E-state index contributed by atoms with van der Waals surface area (Å²) in [6.45, 7) is 1.70. The van der Waals surface area contributed by atoms with Crippen LogP contribution in [0.2, 0.25) is 5.02 Å². The van der Waals surface area contributed by atoms with Crippen LogP contribution in [0.3, 0.4) is 0 Å². The number of amides is 1. The van der Waals surface area contributed by atoms with Gasteiger partial charge in [-0.15, -0.1) is 0 Å². The Kier molecular flexibility index (Phi) is 4.55. The maximum Gasteiger partial charge on any atom is 0.258 e. The van der Waals surface area contributed by atoms with E-state index >= 15 is 0 Å². The third-order valence-corrected chi connectivity index (χ3v) is 5.10. The van der Waals surface area contributed by atoms with Gasteiger partial charge in [-0.05, 0) is 37.1 Å². The van der Waals surface area contributed by atoms with Crippen molar-refractivity contribution in [2.24, 2.45) is 0 Å². The molecule has 20 heavy (non-hydrogen) atoms. The van der Waals surface area contributed by atoms with Gasteiger partial charge in [0.05, 0.1) is 11.5 Å². The van der Waals surface area contributed by atoms with Crippen LogP contribution in [-0.2, 0) is 14.6 Å². The first-order chi connectivity index (χ1) is 9.35. The molecule has 1 atom stereocenters. The Morgan fingerprint density at radius 2 is 2.25 bits per heavy atom. The lowest BCUT2D eigenvalue weighted by atomic mass is 10.2. The van der Waals surface area contributed by atoms with Crippen molar-refractivity contribution in [2.75, 3.05) is 18.1 Å². The van der Waals surface area contributed by atoms with Crippen molar-refractivity contribution in [1.82, 2.24) is 5.32 Å². The largest absolute Gasteiger partial charge is 0.484 e. The van der Waals surface area contributed by atoms with Gasteiger partial charge in [0.1, 0.15) is 5.75 Å². The Balaban J connectivity index is 1.84. The van der Waals surface area contributed by atoms with Crippen molar-refractivity contribution >= 4 is 27.3 Å². The molecule has 1 saturated heterocycles. The predicted molar refractivity (Wildman–Crippen MR) is 76.9 cm³/mol. The lowest BCUT2D eigenvalue weighted by Gasteiger charge is -2.12. The number of rotatable bonds is 4. The summed E-state index contributed by atoms with van der Waals surface area (Å²) in [6.07, 6.45) is 0.466. The van der Waals surface area contributed by atoms with E-state index in [2.05, 4.69) is 5.32 Å². The van der Waals surface area contributed by atoms with Gasteiger partial charge in [-0.25, -0.2) is 8.42 Å². The third-order valence-electron chi connectivity index (χ3n) is 3.09. The molecule has 0 aromatic heterocycles. The van der Waals surface area contributed by atoms with Crippen LogP contribution in [0.25, 0.3) is 0 Å². The highest BCUT2D eigenvalue weighted by Crippen LogP contribution is 2.21. The summed E-state index contributed by atoms with van der Waals surface area (Å²) in [5.41, 5.74) is 0.841. The van der Waals surface area contributed by atoms with Crippen LogP contribution in [0.5, 0.6) is 5.75 Å². The maximum atomic E-state index is 11.7. The van der Waals surface area contributed by atoms with Crippen LogP contribution < -0.4 is 10.1 Å². The summed E-state index contributed by atoms with van der Waals surface area (Å²) in [7, 11) is -2.99. The van der Waals surface area contributed by atoms with Crippen molar-refractivity contribution in [2.45, 2.75) is 19.4 Å². The molecule has 2 rings (SSSR count). The highest BCUT2D eigenvalue weighted by molar-refractivity contribution is 7.91. The number of nitrogens with one attached hydrogen (secondary N) is 1. The van der Waals surface area contributed by atoms with Crippen molar-refractivity contribution < 1.29 is 17.9 Å². The minimum Gasteiger partial charge on any atom is -0.484 e. The van der Waals surface area contributed by atoms with E-state index in [1.54, 1.807) is 18.2 Å². The summed E-state index contributed by atoms with van der Waals surface area (Å²) in [4.78, 5) is 11.7. The number of halogens is 1. The fraction of sp³-hybridized carbons (Fsp3) is 0.462. The Bertz CT molecular complexity index is 615. The van der Waals surface area contributed by atoms with Gasteiger partial charge in [0.15, 0.2) is 16.4 Å². The van der Waals surface area contributed by atoms with Gasteiger partial charge in [-0.2, -0.15) is 0 Å². The van der Waals surface area contributed by atoms with Gasteiger partial charge in [-0.3, -0.25) is 4.79 Å². The van der Waals surface area contributed by atoms with Crippen molar-refractivity contribution in [1.29, 1.82) is 0 Å². The Hall–Kier alpha value is -1.27. The van der Waals surface area contributed by atoms with E-state index < -0.39 is 9.84 Å². The highest BCUT2D eigenvalue weighted by Gasteiger charge is 2.28. The third kappa shape index (κ3) is 4.11. The second kappa shape index (κ2) is 6.01. The zero-order valence-electron chi connectivity index (χ0n) is 11.1. The zero-order valence-corrected chi connectivity index (χ0v) is 12.6. The first kappa shape index (κ1) is 15.1. The van der Waals surface area contributed by atoms with E-state index in [0.717, 1.165) is 5.56 Å². The van der Waals surface area contributed by atoms with Crippen molar-refractivity contribution in [3.63, 3.8) is 0 Å². The molecule has 0 aliphatic carbocycles. The van der Waals surface area contributed by atoms with Gasteiger partial charge in [0.2, 0.25) is 0 Å². The van der Waals surface area contributed by atoms with Crippen LogP contribution in [0.4, 0.5) is 0 Å². The number of hydrogen-bond donors (Lipinski definition) is 1. The first-order valence-electron chi connectivity index (χ1n) is 6.24. The minimum atomic E-state index is -2.99. The number of carbonyl (C=O) groups excluding carboxylic acids is 1. The monoisotopic (exact) mass is 317 g/mol. The zero-order chi connectivity index (χ0) is 14.8. The second-order valence-electron chi connectivity index (χ2n) is 4.87. The fourth-order valence-electron chi connectivity index (χ4n) is 2.10. The molecule has 1 unspecified atom stereocenters. The molecule has 110 valence electrons. The molecule has 1 aliphatic rings. The molecule has 1 fully saturated rings. The van der Waals surface area contributed by atoms with Crippen LogP contribution in [-0.4, -0.2) is 38.5 Å². The van der Waals surface area contributed by atoms with Crippen molar-refractivity contribution in [3.8, 4) is 5.75 Å². The summed E-state index contributed by atoms with van der Waals surface area (Å²) >= 11 is 5.83. The molecular formula is C13H16ClNO4S. The van der Waals surface area contributed by atoms with E-state index in [9.17, 15) is 13.2 Å². The van der Waals surface area contributed by atoms with Crippen LogP contribution >= 0.6 is 11.6 Å². The van der Waals surface area contributed by atoms with E-state index in [-0.39, 0.29) is 30.1 Å². The van der Waals surface area contributed by atoms with Gasteiger partial charge >= 0.3 is 0 Å². The molecule has 1 amide bonds. The molecule has 1 aromatic rings. The molecule has 1 heterocycles. The molecule has 0 spiro atoms. The Labute approximate surface area is 123 Å². The second-order valence-corrected chi connectivity index (χ2v) is 7.53. The molecule has 0 radical (unpaired) electrons. The molecule has 1 aliphatic heterocycles. The molecule has 0 bridgehead atoms. The smallest absolute Gasteiger partial charge is 0.258 e. The van der Waals surface area contributed by atoms with Gasteiger partial charge < -0.3 is 10.1 Å². The summed E-state index contributed by atoms with van der Waals surface area (Å²) in [6, 6.07) is 4.83. The molecule has 0 saturated carbocycles. The van der Waals surface area contributed by atoms with E-state index in [1.807, 2.05) is 6.92 Å². The average molecular weight is 318 g/mol. The fourth-order valence-corrected chi connectivity index (χ4v) is 4.00. The first-order valence-corrected chi connectivity index (χ1v) is 8.44. The summed E-state index contributed by atoms with van der Waals surface area (Å²) in [5, 5.41) is 3.27. The topological polar surface area (TPSA) is 72.5 Å². The van der Waals surface area contributed by atoms with E-state index in [1.165, 1.54) is 0 Å². The lowest BCUT2D eigenvalue weighted by Crippen LogP contribution is -2.38. The molecule has 5 nitrogen and oxygen atoms in total. The molecule has 7 heteroatoms. The number of benzene rings is 1. The maximum absolute atomic E-state index is 11.7. The summed E-state index contributed by atoms with van der Waals surface area (Å²) < 4.78 is 28.0. The van der Waals surface area contributed by atoms with Gasteiger partial charge in [0.25, 0.3) is 5.91 Å². The average Bonchev–Trinajstić information content (AvgIpc) is 2.67. The molecule has 1 aromatic carbocycles. The lowest BCUT2D eigenvalue weighted by molar-refractivity contribution is -0.123. The summed E-state index contributed by atoms with van der Waals surface area (Å²) in [5.74, 6) is 0.415. The standard InChI is InChI=1S/C13H16ClNO4S/c1-9-6-10(14)2-3-12(9)19-7-13(16)15-11-4-5-20(17,18)8-11/h2-3,6,11H,4-5,7-8H2,1H3,(H,15,16). The number of ether oxygens (including phenoxy) is 1. The predicted octanol–water partition coefficient (Wildman–Crippen LogP) is 1.33. The van der Waals surface area contributed by atoms with Gasteiger partial charge in [-0.1, -0.05) is 11.6 Å². The van der Waals surface area contributed by atoms with Gasteiger partial charge in [0, 0.05) is 11.1 Å². The number of sulfone groups is 1. The van der Waals surface area contributed by atoms with E-state index in [0.29, 0.717) is 17.2 Å².